The van der Waals surface area contributed by atoms with Gasteiger partial charge in [-0.05, 0) is 35.4 Å². The van der Waals surface area contributed by atoms with E-state index in [1.54, 1.807) is 12.1 Å². The van der Waals surface area contributed by atoms with E-state index in [-0.39, 0.29) is 17.2 Å². The Kier molecular flexibility index (Phi) is 3.69. The Bertz CT molecular complexity index is 1120. The van der Waals surface area contributed by atoms with Gasteiger partial charge in [0.15, 0.2) is 0 Å². The molecule has 25 heavy (non-hydrogen) atoms. The van der Waals surface area contributed by atoms with E-state index in [2.05, 4.69) is 0 Å². The quantitative estimate of drug-likeness (QED) is 0.555. The van der Waals surface area contributed by atoms with Crippen molar-refractivity contribution in [2.45, 2.75) is 13.0 Å². The van der Waals surface area contributed by atoms with Crippen LogP contribution >= 0.6 is 0 Å². The molecule has 0 bridgehead atoms. The molecule has 122 valence electrons. The van der Waals surface area contributed by atoms with Crippen LogP contribution in [0.3, 0.4) is 0 Å². The highest BCUT2D eigenvalue weighted by atomic mass is 16.2. The summed E-state index contributed by atoms with van der Waals surface area (Å²) in [5, 5.41) is 2.73. The van der Waals surface area contributed by atoms with E-state index >= 15 is 0 Å². The Balaban J connectivity index is 2.22. The van der Waals surface area contributed by atoms with Crippen LogP contribution in [0.25, 0.3) is 21.5 Å². The maximum Gasteiger partial charge on any atom is 0.261 e. The molecule has 0 spiro atoms. The summed E-state index contributed by atoms with van der Waals surface area (Å²) in [5.41, 5.74) is 0.419. The van der Waals surface area contributed by atoms with Crippen molar-refractivity contribution in [2.75, 3.05) is 0 Å². The number of aromatic nitrogens is 1. The van der Waals surface area contributed by atoms with Gasteiger partial charge in [-0.3, -0.25) is 14.2 Å². The van der Waals surface area contributed by atoms with Gasteiger partial charge >= 0.3 is 0 Å². The summed E-state index contributed by atoms with van der Waals surface area (Å²) in [7, 11) is 0. The predicted octanol–water partition coefficient (Wildman–Crippen LogP) is 4.12. The van der Waals surface area contributed by atoms with Gasteiger partial charge in [-0.2, -0.15) is 0 Å². The molecular weight excluding hydrogens is 310 g/mol. The summed E-state index contributed by atoms with van der Waals surface area (Å²) in [6, 6.07) is 24.1. The molecule has 0 radical (unpaired) electrons. The maximum atomic E-state index is 13.2. The SMILES string of the molecule is C[C@@H](c1ccccc1)n1c(=O)c2ccccc2c2ccccc2c1=O. The Labute approximate surface area is 144 Å². The molecule has 0 saturated heterocycles. The molecule has 1 atom stereocenters. The van der Waals surface area contributed by atoms with Crippen molar-refractivity contribution in [1.82, 2.24) is 4.57 Å². The second-order valence-electron chi connectivity index (χ2n) is 6.16. The van der Waals surface area contributed by atoms with Crippen LogP contribution in [0.4, 0.5) is 0 Å². The highest BCUT2D eigenvalue weighted by Gasteiger charge is 2.16. The molecule has 1 heterocycles. The van der Waals surface area contributed by atoms with Crippen LogP contribution in [0.1, 0.15) is 18.5 Å². The Morgan fingerprint density at radius 2 is 1.00 bits per heavy atom. The summed E-state index contributed by atoms with van der Waals surface area (Å²) in [4.78, 5) is 26.5. The van der Waals surface area contributed by atoms with Crippen molar-refractivity contribution < 1.29 is 0 Å². The molecule has 0 N–H and O–H groups in total. The fourth-order valence-corrected chi connectivity index (χ4v) is 3.39. The minimum Gasteiger partial charge on any atom is -0.269 e. The minimum atomic E-state index is -0.347. The maximum absolute atomic E-state index is 13.2. The predicted molar refractivity (Wildman–Crippen MR) is 102 cm³/mol. The minimum absolute atomic E-state index is 0.256. The van der Waals surface area contributed by atoms with Crippen molar-refractivity contribution in [1.29, 1.82) is 0 Å². The third-order valence-electron chi connectivity index (χ3n) is 4.71. The van der Waals surface area contributed by atoms with Gasteiger partial charge in [-0.25, -0.2) is 0 Å². The first-order chi connectivity index (χ1) is 12.2. The van der Waals surface area contributed by atoms with Gasteiger partial charge in [0.25, 0.3) is 11.1 Å². The molecule has 3 aromatic carbocycles. The van der Waals surface area contributed by atoms with E-state index < -0.39 is 0 Å². The highest BCUT2D eigenvalue weighted by molar-refractivity contribution is 6.05. The van der Waals surface area contributed by atoms with Gasteiger partial charge in [0.1, 0.15) is 0 Å². The monoisotopic (exact) mass is 327 g/mol. The van der Waals surface area contributed by atoms with E-state index in [9.17, 15) is 9.59 Å². The number of benzene rings is 3. The van der Waals surface area contributed by atoms with Gasteiger partial charge in [0.2, 0.25) is 0 Å². The van der Waals surface area contributed by atoms with Crippen molar-refractivity contribution in [3.05, 3.63) is 105 Å². The standard InChI is InChI=1S/C22H17NO2/c1-15(16-9-3-2-4-10-16)23-21(24)19-13-7-5-11-17(19)18-12-6-8-14-20(18)22(23)25/h2-15H,1H3/t15-/m0/s1. The zero-order chi connectivity index (χ0) is 17.4. The average molecular weight is 327 g/mol. The highest BCUT2D eigenvalue weighted by Crippen LogP contribution is 2.21. The summed E-state index contributed by atoms with van der Waals surface area (Å²) >= 11 is 0. The summed E-state index contributed by atoms with van der Waals surface area (Å²) in [5.74, 6) is 0. The fraction of sp³-hybridized carbons (Fsp3) is 0.0909. The van der Waals surface area contributed by atoms with E-state index in [1.165, 1.54) is 4.57 Å². The Morgan fingerprint density at radius 3 is 1.48 bits per heavy atom. The molecule has 0 fully saturated rings. The van der Waals surface area contributed by atoms with Gasteiger partial charge in [0.05, 0.1) is 6.04 Å². The lowest BCUT2D eigenvalue weighted by molar-refractivity contribution is 0.605. The lowest BCUT2D eigenvalue weighted by atomic mass is 10.1. The van der Waals surface area contributed by atoms with Crippen molar-refractivity contribution >= 4 is 21.5 Å². The van der Waals surface area contributed by atoms with Gasteiger partial charge in [0, 0.05) is 10.8 Å². The van der Waals surface area contributed by atoms with E-state index in [0.717, 1.165) is 16.3 Å². The summed E-state index contributed by atoms with van der Waals surface area (Å²) in [6.45, 7) is 1.89. The number of hydrogen-bond donors (Lipinski definition) is 0. The van der Waals surface area contributed by atoms with Crippen LogP contribution in [0.2, 0.25) is 0 Å². The third-order valence-corrected chi connectivity index (χ3v) is 4.71. The second kappa shape index (κ2) is 6.02. The van der Waals surface area contributed by atoms with Crippen LogP contribution in [0.5, 0.6) is 0 Å². The van der Waals surface area contributed by atoms with Gasteiger partial charge in [-0.1, -0.05) is 66.7 Å². The first kappa shape index (κ1) is 15.3. The van der Waals surface area contributed by atoms with Crippen molar-refractivity contribution in [3.63, 3.8) is 0 Å². The van der Waals surface area contributed by atoms with Crippen LogP contribution in [0.15, 0.2) is 88.5 Å². The lowest BCUT2D eigenvalue weighted by Crippen LogP contribution is -2.33. The fourth-order valence-electron chi connectivity index (χ4n) is 3.39. The summed E-state index contributed by atoms with van der Waals surface area (Å²) < 4.78 is 1.38. The molecular formula is C22H17NO2. The van der Waals surface area contributed by atoms with Gasteiger partial charge < -0.3 is 0 Å². The largest absolute Gasteiger partial charge is 0.269 e. The third kappa shape index (κ3) is 2.45. The molecule has 0 aliphatic carbocycles. The summed E-state index contributed by atoms with van der Waals surface area (Å²) in [6.07, 6.45) is 0. The lowest BCUT2D eigenvalue weighted by Gasteiger charge is -2.13. The zero-order valence-corrected chi connectivity index (χ0v) is 13.8. The zero-order valence-electron chi connectivity index (χ0n) is 13.8. The number of nitrogens with zero attached hydrogens (tertiary/aromatic N) is 1. The first-order valence-corrected chi connectivity index (χ1v) is 8.30. The first-order valence-electron chi connectivity index (χ1n) is 8.30. The molecule has 0 amide bonds. The molecule has 0 unspecified atom stereocenters. The number of hydrogen-bond acceptors (Lipinski definition) is 2. The van der Waals surface area contributed by atoms with E-state index in [1.807, 2.05) is 73.7 Å². The molecule has 4 rings (SSSR count). The topological polar surface area (TPSA) is 39.1 Å². The molecule has 3 nitrogen and oxygen atoms in total. The number of rotatable bonds is 2. The molecule has 1 aromatic heterocycles. The molecule has 0 saturated carbocycles. The average Bonchev–Trinajstić information content (AvgIpc) is 2.76. The Hall–Kier alpha value is -3.20. The molecule has 0 aliphatic rings. The van der Waals surface area contributed by atoms with Crippen LogP contribution in [-0.2, 0) is 0 Å². The van der Waals surface area contributed by atoms with Crippen molar-refractivity contribution in [3.8, 4) is 0 Å². The molecule has 3 heteroatoms. The van der Waals surface area contributed by atoms with E-state index in [4.69, 9.17) is 0 Å². The van der Waals surface area contributed by atoms with Crippen LogP contribution in [0, 0.1) is 0 Å². The van der Waals surface area contributed by atoms with Crippen LogP contribution < -0.4 is 11.1 Å². The van der Waals surface area contributed by atoms with Crippen molar-refractivity contribution in [2.24, 2.45) is 0 Å². The number of fused-ring (bicyclic) bond motifs is 3. The normalized spacial score (nSPS) is 12.4. The smallest absolute Gasteiger partial charge is 0.261 e. The van der Waals surface area contributed by atoms with E-state index in [0.29, 0.717) is 10.8 Å². The Morgan fingerprint density at radius 1 is 0.600 bits per heavy atom. The molecule has 4 aromatic rings. The van der Waals surface area contributed by atoms with Gasteiger partial charge in [-0.15, -0.1) is 0 Å². The second-order valence-corrected chi connectivity index (χ2v) is 6.16. The molecule has 0 aliphatic heterocycles. The van der Waals surface area contributed by atoms with Crippen LogP contribution in [-0.4, -0.2) is 4.57 Å².